The highest BCUT2D eigenvalue weighted by atomic mass is 16.6. The first-order valence-electron chi connectivity index (χ1n) is 9.11. The van der Waals surface area contributed by atoms with Gasteiger partial charge in [0.25, 0.3) is 5.69 Å². The quantitative estimate of drug-likeness (QED) is 0.230. The van der Waals surface area contributed by atoms with Crippen molar-refractivity contribution in [1.82, 2.24) is 14.5 Å². The Morgan fingerprint density at radius 1 is 1.11 bits per heavy atom. The van der Waals surface area contributed by atoms with Crippen LogP contribution in [-0.4, -0.2) is 40.0 Å². The number of nitrogens with zero attached hydrogens (tertiary/aromatic N) is 4. The van der Waals surface area contributed by atoms with Crippen LogP contribution in [0.2, 0.25) is 0 Å². The van der Waals surface area contributed by atoms with E-state index in [1.165, 1.54) is 12.1 Å². The van der Waals surface area contributed by atoms with Gasteiger partial charge in [0.1, 0.15) is 0 Å². The molecule has 2 aromatic rings. The first-order chi connectivity index (χ1) is 13.5. The first kappa shape index (κ1) is 18.1. The van der Waals surface area contributed by atoms with Crippen LogP contribution in [0.5, 0.6) is 0 Å². The predicted octanol–water partition coefficient (Wildman–Crippen LogP) is 3.51. The number of hydrogen-bond donors (Lipinski definition) is 0. The molecular weight excluding hydrogens is 356 g/mol. The fourth-order valence-electron chi connectivity index (χ4n) is 3.61. The van der Waals surface area contributed by atoms with Crippen molar-refractivity contribution in [2.24, 2.45) is 0 Å². The van der Waals surface area contributed by atoms with Crippen LogP contribution in [0.3, 0.4) is 0 Å². The second-order valence-corrected chi connectivity index (χ2v) is 7.14. The molecule has 1 aliphatic heterocycles. The molecule has 0 unspecified atom stereocenters. The lowest BCUT2D eigenvalue weighted by Crippen LogP contribution is -2.17. The number of aryl methyl sites for hydroxylation is 1. The third kappa shape index (κ3) is 3.10. The second-order valence-electron chi connectivity index (χ2n) is 7.14. The molecule has 7 heteroatoms. The summed E-state index contributed by atoms with van der Waals surface area (Å²) in [7, 11) is 4.00. The van der Waals surface area contributed by atoms with E-state index in [0.717, 1.165) is 24.0 Å². The van der Waals surface area contributed by atoms with Gasteiger partial charge in [-0.25, -0.2) is 4.98 Å². The van der Waals surface area contributed by atoms with Crippen molar-refractivity contribution >= 4 is 27.5 Å². The van der Waals surface area contributed by atoms with Crippen LogP contribution >= 0.6 is 0 Å². The normalized spacial score (nSPS) is 11.7. The van der Waals surface area contributed by atoms with Crippen molar-refractivity contribution in [3.05, 3.63) is 68.9 Å². The van der Waals surface area contributed by atoms with Crippen LogP contribution in [0.1, 0.15) is 6.42 Å². The Labute approximate surface area is 161 Å². The average molecular weight is 376 g/mol. The number of benzene rings is 3. The molecule has 4 rings (SSSR count). The summed E-state index contributed by atoms with van der Waals surface area (Å²) >= 11 is 0. The van der Waals surface area contributed by atoms with Crippen molar-refractivity contribution in [3.63, 3.8) is 0 Å². The maximum absolute atomic E-state index is 12.7. The summed E-state index contributed by atoms with van der Waals surface area (Å²) in [6.07, 6.45) is 0.843. The number of aromatic nitrogens is 2. The molecule has 0 fully saturated rings. The molecule has 0 amide bonds. The van der Waals surface area contributed by atoms with Gasteiger partial charge in [-0.2, -0.15) is 0 Å². The number of nitro benzene ring substituents is 1. The van der Waals surface area contributed by atoms with Gasteiger partial charge < -0.3 is 9.47 Å². The van der Waals surface area contributed by atoms with Gasteiger partial charge in [-0.1, -0.05) is 24.3 Å². The zero-order valence-corrected chi connectivity index (χ0v) is 15.8. The van der Waals surface area contributed by atoms with E-state index >= 15 is 0 Å². The standard InChI is InChI=1S/C21H20N4O3/c1-23(2)10-5-11-24-18-12-14(25(27)28)8-9-17(18)22-21-16-7-4-3-6-15(16)20(26)13-19(21)24/h3-4,6-9,12-13H,5,10-11H2,1-2H3. The molecular formula is C21H20N4O3. The van der Waals surface area contributed by atoms with E-state index in [2.05, 4.69) is 4.90 Å². The highest BCUT2D eigenvalue weighted by molar-refractivity contribution is 5.98. The molecule has 0 N–H and O–H groups in total. The van der Waals surface area contributed by atoms with Gasteiger partial charge in [-0.15, -0.1) is 0 Å². The Bertz CT molecular complexity index is 1230. The van der Waals surface area contributed by atoms with Crippen LogP contribution in [-0.2, 0) is 6.54 Å². The summed E-state index contributed by atoms with van der Waals surface area (Å²) in [5.41, 5.74) is 2.72. The molecule has 7 nitrogen and oxygen atoms in total. The van der Waals surface area contributed by atoms with Crippen molar-refractivity contribution in [3.8, 4) is 11.4 Å². The number of rotatable bonds is 5. The molecule has 142 valence electrons. The number of fused-ring (bicyclic) bond motifs is 4. The Morgan fingerprint density at radius 3 is 2.57 bits per heavy atom. The van der Waals surface area contributed by atoms with E-state index < -0.39 is 4.92 Å². The van der Waals surface area contributed by atoms with Crippen LogP contribution in [0.4, 0.5) is 5.69 Å². The van der Waals surface area contributed by atoms with Gasteiger partial charge in [-0.3, -0.25) is 14.9 Å². The molecule has 0 aromatic heterocycles. The number of hydrogen-bond acceptors (Lipinski definition) is 5. The molecule has 0 bridgehead atoms. The molecule has 0 radical (unpaired) electrons. The Kier molecular flexibility index (Phi) is 4.52. The average Bonchev–Trinajstić information content (AvgIpc) is 2.67. The first-order valence-corrected chi connectivity index (χ1v) is 9.11. The Morgan fingerprint density at radius 2 is 1.86 bits per heavy atom. The van der Waals surface area contributed by atoms with Gasteiger partial charge in [0.2, 0.25) is 0 Å². The second kappa shape index (κ2) is 7.01. The minimum absolute atomic E-state index is 0.0122. The SMILES string of the molecule is CN(C)CCCn1c2cc(=O)c3ccccc3c-2nc2ccc([N+](=O)[O-])cc21. The van der Waals surface area contributed by atoms with Crippen LogP contribution in [0, 0.1) is 10.1 Å². The molecule has 2 aliphatic rings. The highest BCUT2D eigenvalue weighted by Gasteiger charge is 2.19. The molecule has 1 aliphatic carbocycles. The van der Waals surface area contributed by atoms with E-state index in [4.69, 9.17) is 4.98 Å². The van der Waals surface area contributed by atoms with Crippen molar-refractivity contribution in [2.75, 3.05) is 20.6 Å². The van der Waals surface area contributed by atoms with E-state index in [-0.39, 0.29) is 11.1 Å². The van der Waals surface area contributed by atoms with Crippen LogP contribution < -0.4 is 5.43 Å². The highest BCUT2D eigenvalue weighted by Crippen LogP contribution is 2.32. The molecule has 1 heterocycles. The smallest absolute Gasteiger partial charge is 0.271 e. The zero-order valence-electron chi connectivity index (χ0n) is 15.8. The van der Waals surface area contributed by atoms with Crippen LogP contribution in [0.25, 0.3) is 33.2 Å². The van der Waals surface area contributed by atoms with Crippen molar-refractivity contribution < 1.29 is 4.92 Å². The van der Waals surface area contributed by atoms with Gasteiger partial charge in [0.05, 0.1) is 27.3 Å². The van der Waals surface area contributed by atoms with Crippen molar-refractivity contribution in [2.45, 2.75) is 13.0 Å². The lowest BCUT2D eigenvalue weighted by molar-refractivity contribution is -0.384. The summed E-state index contributed by atoms with van der Waals surface area (Å²) < 4.78 is 1.99. The Balaban J connectivity index is 2.05. The van der Waals surface area contributed by atoms with Gasteiger partial charge in [0, 0.05) is 35.5 Å². The predicted molar refractivity (Wildman–Crippen MR) is 110 cm³/mol. The zero-order chi connectivity index (χ0) is 19.8. The van der Waals surface area contributed by atoms with Gasteiger partial charge in [-0.05, 0) is 33.1 Å². The fourth-order valence-corrected chi connectivity index (χ4v) is 3.61. The maximum Gasteiger partial charge on any atom is 0.271 e. The minimum atomic E-state index is -0.410. The Hall–Kier alpha value is -3.32. The molecule has 0 saturated heterocycles. The lowest BCUT2D eigenvalue weighted by Gasteiger charge is -2.20. The van der Waals surface area contributed by atoms with E-state index in [9.17, 15) is 14.9 Å². The molecule has 0 saturated carbocycles. The summed E-state index contributed by atoms with van der Waals surface area (Å²) in [5, 5.41) is 12.7. The summed E-state index contributed by atoms with van der Waals surface area (Å²) in [6, 6.07) is 13.7. The van der Waals surface area contributed by atoms with E-state index in [0.29, 0.717) is 28.7 Å². The van der Waals surface area contributed by atoms with E-state index in [1.807, 2.05) is 36.9 Å². The summed E-state index contributed by atoms with van der Waals surface area (Å²) in [5.74, 6) is 0. The lowest BCUT2D eigenvalue weighted by atomic mass is 10.0. The maximum atomic E-state index is 12.7. The summed E-state index contributed by atoms with van der Waals surface area (Å²) in [6.45, 7) is 1.50. The van der Waals surface area contributed by atoms with Gasteiger partial charge in [0.15, 0.2) is 5.43 Å². The third-order valence-electron chi connectivity index (χ3n) is 4.93. The summed E-state index contributed by atoms with van der Waals surface area (Å²) in [4.78, 5) is 30.4. The number of nitro groups is 1. The largest absolute Gasteiger partial charge is 0.338 e. The topological polar surface area (TPSA) is 81.3 Å². The number of non-ortho nitro benzene ring substituents is 1. The molecule has 2 aromatic carbocycles. The molecule has 0 spiro atoms. The van der Waals surface area contributed by atoms with E-state index in [1.54, 1.807) is 18.2 Å². The van der Waals surface area contributed by atoms with Crippen LogP contribution in [0.15, 0.2) is 53.3 Å². The monoisotopic (exact) mass is 376 g/mol. The molecule has 28 heavy (non-hydrogen) atoms. The fraction of sp³-hybridized carbons (Fsp3) is 0.238. The third-order valence-corrected chi connectivity index (χ3v) is 4.93. The minimum Gasteiger partial charge on any atom is -0.338 e. The van der Waals surface area contributed by atoms with Crippen molar-refractivity contribution in [1.29, 1.82) is 0 Å². The molecule has 0 atom stereocenters. The van der Waals surface area contributed by atoms with Gasteiger partial charge >= 0.3 is 0 Å².